The predicted molar refractivity (Wildman–Crippen MR) is 109 cm³/mol. The number of alkyl halides is 3. The first kappa shape index (κ1) is 24.0. The number of hydrogen-bond acceptors (Lipinski definition) is 3. The van der Waals surface area contributed by atoms with Gasteiger partial charge in [0.1, 0.15) is 0 Å². The third kappa shape index (κ3) is 8.22. The van der Waals surface area contributed by atoms with Crippen LogP contribution >= 0.6 is 24.0 Å². The highest BCUT2D eigenvalue weighted by atomic mass is 127. The van der Waals surface area contributed by atoms with Crippen molar-refractivity contribution in [3.05, 3.63) is 35.4 Å². The van der Waals surface area contributed by atoms with Crippen LogP contribution in [0.1, 0.15) is 24.0 Å². The van der Waals surface area contributed by atoms with E-state index in [1.54, 1.807) is 7.05 Å². The quantitative estimate of drug-likeness (QED) is 0.269. The zero-order valence-electron chi connectivity index (χ0n) is 15.6. The van der Waals surface area contributed by atoms with E-state index in [1.165, 1.54) is 12.1 Å². The van der Waals surface area contributed by atoms with E-state index in [-0.39, 0.29) is 30.1 Å². The Hall–Kier alpha value is -1.07. The van der Waals surface area contributed by atoms with Gasteiger partial charge in [0, 0.05) is 33.8 Å². The van der Waals surface area contributed by atoms with Crippen molar-refractivity contribution in [3.63, 3.8) is 0 Å². The third-order valence-corrected chi connectivity index (χ3v) is 4.13. The summed E-state index contributed by atoms with van der Waals surface area (Å²) in [5, 5.41) is 3.18. The lowest BCUT2D eigenvalue weighted by Crippen LogP contribution is -2.40. The van der Waals surface area contributed by atoms with Crippen LogP contribution in [0.15, 0.2) is 29.3 Å². The molecule has 1 fully saturated rings. The number of guanidine groups is 1. The van der Waals surface area contributed by atoms with Gasteiger partial charge in [-0.1, -0.05) is 12.1 Å². The molecule has 1 aliphatic heterocycles. The van der Waals surface area contributed by atoms with Gasteiger partial charge in [0.05, 0.1) is 24.9 Å². The molecule has 0 aliphatic carbocycles. The molecule has 1 atom stereocenters. The zero-order chi connectivity index (χ0) is 19.0. The Balaban J connectivity index is 0.00000364. The van der Waals surface area contributed by atoms with Gasteiger partial charge >= 0.3 is 6.18 Å². The van der Waals surface area contributed by atoms with Gasteiger partial charge in [0.25, 0.3) is 0 Å². The number of aliphatic imine (C=N–C) groups is 1. The van der Waals surface area contributed by atoms with Crippen LogP contribution in [0.4, 0.5) is 13.2 Å². The number of nitrogens with one attached hydrogen (secondary N) is 1. The molecule has 1 unspecified atom stereocenters. The molecule has 1 heterocycles. The van der Waals surface area contributed by atoms with Gasteiger partial charge in [-0.3, -0.25) is 4.99 Å². The van der Waals surface area contributed by atoms with Crippen LogP contribution in [0.3, 0.4) is 0 Å². The standard InChI is InChI=1S/C18H26F3N3O2.HI/c1-22-17(23-9-11-25-13-16-4-3-10-26-16)24(2)12-14-5-7-15(8-6-14)18(19,20)21;/h5-8,16H,3-4,9-13H2,1-2H3,(H,22,23);1H. The van der Waals surface area contributed by atoms with Crippen molar-refractivity contribution in [2.45, 2.75) is 31.7 Å². The smallest absolute Gasteiger partial charge is 0.377 e. The van der Waals surface area contributed by atoms with Crippen LogP contribution < -0.4 is 5.32 Å². The summed E-state index contributed by atoms with van der Waals surface area (Å²) in [4.78, 5) is 6.04. The van der Waals surface area contributed by atoms with Crippen molar-refractivity contribution >= 4 is 29.9 Å². The Kier molecular flexibility index (Phi) is 10.4. The topological polar surface area (TPSA) is 46.1 Å². The Morgan fingerprint density at radius 1 is 1.33 bits per heavy atom. The molecule has 1 saturated heterocycles. The molecule has 1 aromatic rings. The number of hydrogen-bond donors (Lipinski definition) is 1. The van der Waals surface area contributed by atoms with Crippen molar-refractivity contribution in [1.29, 1.82) is 0 Å². The molecule has 27 heavy (non-hydrogen) atoms. The van der Waals surface area contributed by atoms with E-state index in [4.69, 9.17) is 9.47 Å². The molecule has 0 spiro atoms. The normalized spacial score (nSPS) is 17.5. The van der Waals surface area contributed by atoms with Gasteiger partial charge in [0.2, 0.25) is 0 Å². The van der Waals surface area contributed by atoms with Gasteiger partial charge < -0.3 is 19.7 Å². The number of halogens is 4. The molecule has 1 N–H and O–H groups in total. The molecule has 0 amide bonds. The SMILES string of the molecule is CN=C(NCCOCC1CCCO1)N(C)Cc1ccc(C(F)(F)F)cc1.I. The fraction of sp³-hybridized carbons (Fsp3) is 0.611. The lowest BCUT2D eigenvalue weighted by molar-refractivity contribution is -0.137. The summed E-state index contributed by atoms with van der Waals surface area (Å²) < 4.78 is 48.9. The summed E-state index contributed by atoms with van der Waals surface area (Å²) in [6.07, 6.45) is -1.97. The van der Waals surface area contributed by atoms with E-state index in [0.29, 0.717) is 32.3 Å². The second-order valence-electron chi connectivity index (χ2n) is 6.23. The number of benzene rings is 1. The molecule has 0 saturated carbocycles. The van der Waals surface area contributed by atoms with Crippen LogP contribution in [0.5, 0.6) is 0 Å². The van der Waals surface area contributed by atoms with Crippen molar-refractivity contribution in [1.82, 2.24) is 10.2 Å². The van der Waals surface area contributed by atoms with Crippen molar-refractivity contribution in [2.75, 3.05) is 40.5 Å². The van der Waals surface area contributed by atoms with E-state index in [2.05, 4.69) is 10.3 Å². The molecule has 5 nitrogen and oxygen atoms in total. The average molecular weight is 501 g/mol. The van der Waals surface area contributed by atoms with Gasteiger partial charge in [-0.25, -0.2) is 0 Å². The molecule has 0 radical (unpaired) electrons. The molecule has 1 aliphatic rings. The van der Waals surface area contributed by atoms with Crippen LogP contribution in [-0.4, -0.2) is 57.4 Å². The Morgan fingerprint density at radius 3 is 2.59 bits per heavy atom. The van der Waals surface area contributed by atoms with E-state index >= 15 is 0 Å². The third-order valence-electron chi connectivity index (χ3n) is 4.13. The zero-order valence-corrected chi connectivity index (χ0v) is 17.9. The monoisotopic (exact) mass is 501 g/mol. The highest BCUT2D eigenvalue weighted by Crippen LogP contribution is 2.29. The number of ether oxygens (including phenoxy) is 2. The average Bonchev–Trinajstić information content (AvgIpc) is 3.11. The molecular weight excluding hydrogens is 474 g/mol. The van der Waals surface area contributed by atoms with Crippen LogP contribution in [0, 0.1) is 0 Å². The van der Waals surface area contributed by atoms with E-state index in [0.717, 1.165) is 37.1 Å². The minimum atomic E-state index is -4.31. The van der Waals surface area contributed by atoms with E-state index in [1.807, 2.05) is 11.9 Å². The predicted octanol–water partition coefficient (Wildman–Crippen LogP) is 3.53. The number of nitrogens with zero attached hydrogens (tertiary/aromatic N) is 2. The summed E-state index contributed by atoms with van der Waals surface area (Å²) in [6.45, 7) is 2.99. The van der Waals surface area contributed by atoms with Gasteiger partial charge in [-0.2, -0.15) is 13.2 Å². The highest BCUT2D eigenvalue weighted by molar-refractivity contribution is 14.0. The van der Waals surface area contributed by atoms with E-state index in [9.17, 15) is 13.2 Å². The maximum Gasteiger partial charge on any atom is 0.416 e. The summed E-state index contributed by atoms with van der Waals surface area (Å²) >= 11 is 0. The largest absolute Gasteiger partial charge is 0.416 e. The molecule has 0 bridgehead atoms. The van der Waals surface area contributed by atoms with Crippen LogP contribution in [-0.2, 0) is 22.2 Å². The first-order valence-corrected chi connectivity index (χ1v) is 8.67. The Morgan fingerprint density at radius 2 is 2.04 bits per heavy atom. The van der Waals surface area contributed by atoms with Crippen LogP contribution in [0.25, 0.3) is 0 Å². The maximum absolute atomic E-state index is 12.6. The fourth-order valence-electron chi connectivity index (χ4n) is 2.76. The Labute approximate surface area is 175 Å². The second kappa shape index (κ2) is 11.7. The van der Waals surface area contributed by atoms with Crippen LogP contribution in [0.2, 0.25) is 0 Å². The summed E-state index contributed by atoms with van der Waals surface area (Å²) in [7, 11) is 3.50. The molecule has 154 valence electrons. The first-order valence-electron chi connectivity index (χ1n) is 8.67. The summed E-state index contributed by atoms with van der Waals surface area (Å²) in [5.74, 6) is 0.658. The van der Waals surface area contributed by atoms with Crippen molar-refractivity contribution in [2.24, 2.45) is 4.99 Å². The lowest BCUT2D eigenvalue weighted by atomic mass is 10.1. The number of rotatable bonds is 7. The molecular formula is C18H27F3IN3O2. The Bertz CT molecular complexity index is 576. The first-order chi connectivity index (χ1) is 12.4. The van der Waals surface area contributed by atoms with Gasteiger partial charge in [0.15, 0.2) is 5.96 Å². The molecule has 1 aromatic carbocycles. The molecule has 2 rings (SSSR count). The summed E-state index contributed by atoms with van der Waals surface area (Å²) in [6, 6.07) is 5.16. The highest BCUT2D eigenvalue weighted by Gasteiger charge is 2.29. The van der Waals surface area contributed by atoms with Gasteiger partial charge in [-0.15, -0.1) is 24.0 Å². The lowest BCUT2D eigenvalue weighted by Gasteiger charge is -2.22. The second-order valence-corrected chi connectivity index (χ2v) is 6.23. The van der Waals surface area contributed by atoms with E-state index < -0.39 is 11.7 Å². The summed E-state index contributed by atoms with van der Waals surface area (Å²) in [5.41, 5.74) is 0.132. The minimum absolute atomic E-state index is 0. The fourth-order valence-corrected chi connectivity index (χ4v) is 2.76. The maximum atomic E-state index is 12.6. The molecule has 9 heteroatoms. The minimum Gasteiger partial charge on any atom is -0.377 e. The molecule has 0 aromatic heterocycles. The van der Waals surface area contributed by atoms with Crippen molar-refractivity contribution in [3.8, 4) is 0 Å². The van der Waals surface area contributed by atoms with Gasteiger partial charge in [-0.05, 0) is 30.5 Å². The van der Waals surface area contributed by atoms with Crippen molar-refractivity contribution < 1.29 is 22.6 Å².